The Morgan fingerprint density at radius 3 is 2.33 bits per heavy atom. The summed E-state index contributed by atoms with van der Waals surface area (Å²) in [5, 5.41) is 4.09. The number of carbonyl (C=O) groups is 1. The van der Waals surface area contributed by atoms with Crippen molar-refractivity contribution in [2.75, 3.05) is 5.32 Å². The number of hydrogen-bond donors (Lipinski definition) is 1. The molecule has 0 aliphatic carbocycles. The Morgan fingerprint density at radius 2 is 1.53 bits per heavy atom. The van der Waals surface area contributed by atoms with Crippen LogP contribution in [0.15, 0.2) is 94.1 Å². The number of amides is 1. The first-order valence-corrected chi connectivity index (χ1v) is 10.1. The van der Waals surface area contributed by atoms with E-state index in [0.717, 1.165) is 15.8 Å². The fourth-order valence-corrected chi connectivity index (χ4v) is 4.25. The maximum atomic E-state index is 12.7. The van der Waals surface area contributed by atoms with Gasteiger partial charge in [0.25, 0.3) is 5.91 Å². The second-order valence-electron chi connectivity index (χ2n) is 6.63. The molecular weight excluding hydrogens is 398 g/mol. The predicted molar refractivity (Wildman–Crippen MR) is 119 cm³/mol. The summed E-state index contributed by atoms with van der Waals surface area (Å²) < 4.78 is 11.9. The van der Waals surface area contributed by atoms with Gasteiger partial charge in [-0.2, -0.15) is 0 Å². The lowest BCUT2D eigenvalue weighted by atomic mass is 10.2. The van der Waals surface area contributed by atoms with Gasteiger partial charge in [-0.3, -0.25) is 4.79 Å². The number of benzene rings is 3. The number of thiophene rings is 1. The van der Waals surface area contributed by atoms with Crippen LogP contribution in [-0.2, 0) is 0 Å². The van der Waals surface area contributed by atoms with E-state index < -0.39 is 5.63 Å². The highest BCUT2D eigenvalue weighted by Crippen LogP contribution is 2.31. The van der Waals surface area contributed by atoms with E-state index in [1.54, 1.807) is 36.4 Å². The fourth-order valence-electron chi connectivity index (χ4n) is 3.18. The molecule has 1 amide bonds. The number of nitrogens with one attached hydrogen (secondary N) is 1. The molecule has 0 unspecified atom stereocenters. The van der Waals surface area contributed by atoms with Crippen molar-refractivity contribution in [3.8, 4) is 11.5 Å². The summed E-state index contributed by atoms with van der Waals surface area (Å²) in [6, 6.07) is 25.5. The number of hydrogen-bond acceptors (Lipinski definition) is 5. The first-order chi connectivity index (χ1) is 14.7. The molecule has 0 spiro atoms. The molecule has 0 bridgehead atoms. The molecule has 0 radical (unpaired) electrons. The van der Waals surface area contributed by atoms with Gasteiger partial charge in [0.15, 0.2) is 0 Å². The molecule has 5 rings (SSSR count). The van der Waals surface area contributed by atoms with E-state index >= 15 is 0 Å². The van der Waals surface area contributed by atoms with Gasteiger partial charge >= 0.3 is 5.63 Å². The number of fused-ring (bicyclic) bond motifs is 3. The molecule has 0 aliphatic heterocycles. The molecule has 146 valence electrons. The molecule has 2 aromatic heterocycles. The Labute approximate surface area is 175 Å². The average molecular weight is 413 g/mol. The van der Waals surface area contributed by atoms with E-state index in [9.17, 15) is 9.59 Å². The standard InChI is InChI=1S/C24H15NO4S/c26-23(25-15-10-12-17(13-11-15)28-16-6-2-1-3-7-16)21-14-19-22(30-21)18-8-4-5-9-20(18)29-24(19)27/h1-14H,(H,25,26). The minimum absolute atomic E-state index is 0.281. The van der Waals surface area contributed by atoms with E-state index in [-0.39, 0.29) is 5.91 Å². The fraction of sp³-hybridized carbons (Fsp3) is 0. The Kier molecular flexibility index (Phi) is 4.53. The van der Waals surface area contributed by atoms with Gasteiger partial charge in [0.1, 0.15) is 17.1 Å². The molecule has 5 aromatic rings. The predicted octanol–water partition coefficient (Wildman–Crippen LogP) is 6.05. The van der Waals surface area contributed by atoms with E-state index in [1.807, 2.05) is 48.5 Å². The van der Waals surface area contributed by atoms with E-state index in [0.29, 0.717) is 27.3 Å². The van der Waals surface area contributed by atoms with Gasteiger partial charge in [-0.15, -0.1) is 11.3 Å². The first-order valence-electron chi connectivity index (χ1n) is 9.27. The van der Waals surface area contributed by atoms with E-state index in [4.69, 9.17) is 9.15 Å². The molecule has 0 aliphatic rings. The highest BCUT2D eigenvalue weighted by Gasteiger charge is 2.16. The smallest absolute Gasteiger partial charge is 0.345 e. The van der Waals surface area contributed by atoms with Crippen LogP contribution in [0.3, 0.4) is 0 Å². The van der Waals surface area contributed by atoms with Crippen LogP contribution < -0.4 is 15.7 Å². The van der Waals surface area contributed by atoms with Crippen LogP contribution in [0.4, 0.5) is 5.69 Å². The summed E-state index contributed by atoms with van der Waals surface area (Å²) >= 11 is 1.28. The second kappa shape index (κ2) is 7.50. The highest BCUT2D eigenvalue weighted by molar-refractivity contribution is 7.21. The normalized spacial score (nSPS) is 10.9. The van der Waals surface area contributed by atoms with Gasteiger partial charge < -0.3 is 14.5 Å². The van der Waals surface area contributed by atoms with Crippen molar-refractivity contribution >= 4 is 44.0 Å². The minimum atomic E-state index is -0.443. The zero-order valence-corrected chi connectivity index (χ0v) is 16.4. The molecule has 0 fully saturated rings. The Balaban J connectivity index is 1.39. The van der Waals surface area contributed by atoms with Crippen LogP contribution in [-0.4, -0.2) is 5.91 Å². The van der Waals surface area contributed by atoms with Crippen LogP contribution in [0.5, 0.6) is 11.5 Å². The second-order valence-corrected chi connectivity index (χ2v) is 7.68. The Hall–Kier alpha value is -3.90. The number of para-hydroxylation sites is 2. The summed E-state index contributed by atoms with van der Waals surface area (Å²) in [5.74, 6) is 1.13. The van der Waals surface area contributed by atoms with Gasteiger partial charge in [0.2, 0.25) is 0 Å². The third-order valence-electron chi connectivity index (χ3n) is 4.60. The largest absolute Gasteiger partial charge is 0.457 e. The lowest BCUT2D eigenvalue weighted by Crippen LogP contribution is -2.10. The van der Waals surface area contributed by atoms with Gasteiger partial charge in [-0.25, -0.2) is 4.79 Å². The van der Waals surface area contributed by atoms with Crippen LogP contribution in [0, 0.1) is 0 Å². The average Bonchev–Trinajstić information content (AvgIpc) is 3.23. The van der Waals surface area contributed by atoms with E-state index in [2.05, 4.69) is 5.32 Å². The molecule has 5 nitrogen and oxygen atoms in total. The number of carbonyl (C=O) groups excluding carboxylic acids is 1. The third kappa shape index (κ3) is 3.44. The van der Waals surface area contributed by atoms with Gasteiger partial charge in [0.05, 0.1) is 15.0 Å². The molecule has 0 saturated carbocycles. The van der Waals surface area contributed by atoms with E-state index in [1.165, 1.54) is 11.3 Å². The van der Waals surface area contributed by atoms with Crippen molar-refractivity contribution < 1.29 is 13.9 Å². The molecular formula is C24H15NO4S. The molecule has 30 heavy (non-hydrogen) atoms. The molecule has 6 heteroatoms. The summed E-state index contributed by atoms with van der Waals surface area (Å²) in [7, 11) is 0. The Morgan fingerprint density at radius 1 is 0.833 bits per heavy atom. The number of rotatable bonds is 4. The molecule has 2 heterocycles. The third-order valence-corrected chi connectivity index (χ3v) is 5.77. The summed E-state index contributed by atoms with van der Waals surface area (Å²) in [4.78, 5) is 25.5. The molecule has 1 N–H and O–H groups in total. The lowest BCUT2D eigenvalue weighted by Gasteiger charge is -2.07. The van der Waals surface area contributed by atoms with Crippen molar-refractivity contribution in [3.05, 3.63) is 100 Å². The maximum absolute atomic E-state index is 12.7. The maximum Gasteiger partial charge on any atom is 0.345 e. The summed E-state index contributed by atoms with van der Waals surface area (Å²) in [5.41, 5.74) is 0.703. The molecule has 3 aromatic carbocycles. The molecule has 0 atom stereocenters. The zero-order valence-electron chi connectivity index (χ0n) is 15.6. The zero-order chi connectivity index (χ0) is 20.5. The summed E-state index contributed by atoms with van der Waals surface area (Å²) in [6.07, 6.45) is 0. The van der Waals surface area contributed by atoms with Crippen molar-refractivity contribution in [3.63, 3.8) is 0 Å². The monoisotopic (exact) mass is 413 g/mol. The molecule has 0 saturated heterocycles. The lowest BCUT2D eigenvalue weighted by molar-refractivity contribution is 0.103. The van der Waals surface area contributed by atoms with Crippen LogP contribution in [0.25, 0.3) is 21.1 Å². The van der Waals surface area contributed by atoms with Gasteiger partial charge in [0, 0.05) is 11.1 Å². The minimum Gasteiger partial charge on any atom is -0.457 e. The summed E-state index contributed by atoms with van der Waals surface area (Å²) in [6.45, 7) is 0. The van der Waals surface area contributed by atoms with Gasteiger partial charge in [-0.05, 0) is 54.6 Å². The van der Waals surface area contributed by atoms with Crippen LogP contribution >= 0.6 is 11.3 Å². The topological polar surface area (TPSA) is 68.5 Å². The number of anilines is 1. The van der Waals surface area contributed by atoms with Crippen molar-refractivity contribution in [1.82, 2.24) is 0 Å². The van der Waals surface area contributed by atoms with Crippen molar-refractivity contribution in [1.29, 1.82) is 0 Å². The van der Waals surface area contributed by atoms with Crippen molar-refractivity contribution in [2.24, 2.45) is 0 Å². The van der Waals surface area contributed by atoms with Crippen molar-refractivity contribution in [2.45, 2.75) is 0 Å². The highest BCUT2D eigenvalue weighted by atomic mass is 32.1. The van der Waals surface area contributed by atoms with Crippen LogP contribution in [0.2, 0.25) is 0 Å². The first kappa shape index (κ1) is 18.1. The SMILES string of the molecule is O=C(Nc1ccc(Oc2ccccc2)cc1)c1cc2c(=O)oc3ccccc3c2s1. The Bertz CT molecular complexity index is 1420. The van der Waals surface area contributed by atoms with Gasteiger partial charge in [-0.1, -0.05) is 30.3 Å². The van der Waals surface area contributed by atoms with Crippen LogP contribution in [0.1, 0.15) is 9.67 Å². The quantitative estimate of drug-likeness (QED) is 0.364. The number of ether oxygens (including phenoxy) is 1.